The second-order valence-electron chi connectivity index (χ2n) is 10.4. The lowest BCUT2D eigenvalue weighted by atomic mass is 9.79. The molecule has 0 bridgehead atoms. The van der Waals surface area contributed by atoms with E-state index >= 15 is 0 Å². The molecule has 1 heterocycles. The zero-order chi connectivity index (χ0) is 18.1. The molecule has 0 aromatic rings. The van der Waals surface area contributed by atoms with Crippen molar-refractivity contribution in [1.82, 2.24) is 0 Å². The van der Waals surface area contributed by atoms with Crippen LogP contribution in [0.4, 0.5) is 0 Å². The molecule has 0 aromatic heterocycles. The maximum Gasteiger partial charge on any atom is 0.181 e. The summed E-state index contributed by atoms with van der Waals surface area (Å²) in [5, 5.41) is 20.5. The highest BCUT2D eigenvalue weighted by atomic mass is 16.7. The number of rotatable bonds is 5. The van der Waals surface area contributed by atoms with E-state index in [0.29, 0.717) is 30.3 Å². The van der Waals surface area contributed by atoms with Crippen molar-refractivity contribution in [3.05, 3.63) is 0 Å². The summed E-state index contributed by atoms with van der Waals surface area (Å²) in [5.74, 6) is 1.28. The van der Waals surface area contributed by atoms with Crippen LogP contribution in [0.1, 0.15) is 73.6 Å². The quantitative estimate of drug-likeness (QED) is 0.743. The fourth-order valence-corrected chi connectivity index (χ4v) is 4.65. The van der Waals surface area contributed by atoms with Gasteiger partial charge in [0.1, 0.15) is 6.10 Å². The Morgan fingerprint density at radius 3 is 2.17 bits per heavy atom. The Morgan fingerprint density at radius 1 is 1.04 bits per heavy atom. The highest BCUT2D eigenvalue weighted by molar-refractivity contribution is 4.89. The Hall–Kier alpha value is -0.160. The van der Waals surface area contributed by atoms with E-state index in [1.54, 1.807) is 0 Å². The van der Waals surface area contributed by atoms with Gasteiger partial charge in [-0.3, -0.25) is 0 Å². The molecular weight excluding hydrogens is 304 g/mol. The summed E-state index contributed by atoms with van der Waals surface area (Å²) >= 11 is 0. The van der Waals surface area contributed by atoms with Gasteiger partial charge in [-0.15, -0.1) is 0 Å². The van der Waals surface area contributed by atoms with Crippen LogP contribution < -0.4 is 0 Å². The van der Waals surface area contributed by atoms with Gasteiger partial charge in [0.15, 0.2) is 12.6 Å². The predicted molar refractivity (Wildman–Crippen MR) is 95.3 cm³/mol. The Morgan fingerprint density at radius 2 is 1.67 bits per heavy atom. The van der Waals surface area contributed by atoms with Crippen molar-refractivity contribution < 1.29 is 19.7 Å². The van der Waals surface area contributed by atoms with Gasteiger partial charge in [0.25, 0.3) is 0 Å². The van der Waals surface area contributed by atoms with Gasteiger partial charge >= 0.3 is 0 Å². The van der Waals surface area contributed by atoms with Crippen LogP contribution in [0.15, 0.2) is 0 Å². The SMILES string of the molecule is CC(C)(C)CC1CC(CC(C)(C)C)C(C(O)OC2CCOC2O)C1. The smallest absolute Gasteiger partial charge is 0.181 e. The summed E-state index contributed by atoms with van der Waals surface area (Å²) in [6.07, 6.45) is 3.04. The van der Waals surface area contributed by atoms with Gasteiger partial charge in [-0.2, -0.15) is 0 Å². The number of ether oxygens (including phenoxy) is 2. The van der Waals surface area contributed by atoms with Crippen LogP contribution in [0.3, 0.4) is 0 Å². The predicted octanol–water partition coefficient (Wildman–Crippen LogP) is 3.94. The maximum absolute atomic E-state index is 10.7. The van der Waals surface area contributed by atoms with Crippen molar-refractivity contribution in [2.45, 2.75) is 92.3 Å². The standard InChI is InChI=1S/C20H38O4/c1-19(2,3)11-13-9-14(12-20(4,5)6)15(10-13)17(21)24-16-7-8-23-18(16)22/h13-18,21-22H,7-12H2,1-6H3. The topological polar surface area (TPSA) is 58.9 Å². The minimum Gasteiger partial charge on any atom is -0.368 e. The number of aliphatic hydroxyl groups is 2. The molecule has 2 fully saturated rings. The van der Waals surface area contributed by atoms with E-state index in [1.807, 2.05) is 0 Å². The average Bonchev–Trinajstić information content (AvgIpc) is 2.93. The van der Waals surface area contributed by atoms with Crippen molar-refractivity contribution in [3.8, 4) is 0 Å². The van der Waals surface area contributed by atoms with Crippen LogP contribution in [0.25, 0.3) is 0 Å². The minimum absolute atomic E-state index is 0.157. The molecule has 24 heavy (non-hydrogen) atoms. The van der Waals surface area contributed by atoms with Gasteiger partial charge in [-0.1, -0.05) is 41.5 Å². The monoisotopic (exact) mass is 342 g/mol. The summed E-state index contributed by atoms with van der Waals surface area (Å²) in [7, 11) is 0. The summed E-state index contributed by atoms with van der Waals surface area (Å²) in [6.45, 7) is 14.2. The van der Waals surface area contributed by atoms with E-state index < -0.39 is 18.7 Å². The number of aliphatic hydroxyl groups excluding tert-OH is 2. The maximum atomic E-state index is 10.7. The first-order valence-electron chi connectivity index (χ1n) is 9.58. The lowest BCUT2D eigenvalue weighted by Gasteiger charge is -2.31. The molecule has 2 aliphatic rings. The summed E-state index contributed by atoms with van der Waals surface area (Å²) in [6, 6.07) is 0. The lowest BCUT2D eigenvalue weighted by Crippen LogP contribution is -2.35. The fraction of sp³-hybridized carbons (Fsp3) is 1.00. The normalized spacial score (nSPS) is 36.2. The summed E-state index contributed by atoms with van der Waals surface area (Å²) < 4.78 is 11.0. The first-order valence-corrected chi connectivity index (χ1v) is 9.58. The van der Waals surface area contributed by atoms with Crippen molar-refractivity contribution in [2.24, 2.45) is 28.6 Å². The molecule has 4 heteroatoms. The van der Waals surface area contributed by atoms with Crippen LogP contribution >= 0.6 is 0 Å². The second kappa shape index (κ2) is 7.61. The van der Waals surface area contributed by atoms with Crippen LogP contribution in [0.2, 0.25) is 0 Å². The molecule has 6 unspecified atom stereocenters. The third-order valence-electron chi connectivity index (χ3n) is 5.31. The molecule has 1 aliphatic carbocycles. The first-order chi connectivity index (χ1) is 10.9. The Kier molecular flexibility index (Phi) is 6.39. The van der Waals surface area contributed by atoms with Gasteiger partial charge in [0.2, 0.25) is 0 Å². The number of hydrogen-bond acceptors (Lipinski definition) is 4. The van der Waals surface area contributed by atoms with Crippen LogP contribution in [-0.4, -0.2) is 35.5 Å². The molecule has 1 aliphatic heterocycles. The van der Waals surface area contributed by atoms with E-state index in [4.69, 9.17) is 9.47 Å². The van der Waals surface area contributed by atoms with E-state index in [2.05, 4.69) is 41.5 Å². The van der Waals surface area contributed by atoms with Gasteiger partial charge in [0.05, 0.1) is 6.61 Å². The Balaban J connectivity index is 2.01. The van der Waals surface area contributed by atoms with E-state index in [1.165, 1.54) is 12.8 Å². The molecule has 0 spiro atoms. The van der Waals surface area contributed by atoms with E-state index in [0.717, 1.165) is 12.8 Å². The van der Waals surface area contributed by atoms with E-state index in [9.17, 15) is 10.2 Å². The van der Waals surface area contributed by atoms with Crippen molar-refractivity contribution in [1.29, 1.82) is 0 Å². The van der Waals surface area contributed by atoms with Gasteiger partial charge in [0, 0.05) is 12.3 Å². The molecule has 1 saturated heterocycles. The van der Waals surface area contributed by atoms with Crippen molar-refractivity contribution in [3.63, 3.8) is 0 Å². The third-order valence-corrected chi connectivity index (χ3v) is 5.31. The molecule has 2 N–H and O–H groups in total. The van der Waals surface area contributed by atoms with Gasteiger partial charge in [-0.25, -0.2) is 0 Å². The zero-order valence-corrected chi connectivity index (χ0v) is 16.4. The molecule has 0 aromatic carbocycles. The van der Waals surface area contributed by atoms with Crippen molar-refractivity contribution in [2.75, 3.05) is 6.61 Å². The number of hydrogen-bond donors (Lipinski definition) is 2. The second-order valence-corrected chi connectivity index (χ2v) is 10.4. The molecular formula is C20H38O4. The average molecular weight is 343 g/mol. The molecule has 1 saturated carbocycles. The third kappa shape index (κ3) is 5.98. The molecule has 0 radical (unpaired) electrons. The molecule has 6 atom stereocenters. The molecule has 142 valence electrons. The Bertz CT molecular complexity index is 395. The highest BCUT2D eigenvalue weighted by Gasteiger charge is 2.43. The summed E-state index contributed by atoms with van der Waals surface area (Å²) in [5.41, 5.74) is 0.558. The van der Waals surface area contributed by atoms with Crippen LogP contribution in [0, 0.1) is 28.6 Å². The van der Waals surface area contributed by atoms with Crippen LogP contribution in [-0.2, 0) is 9.47 Å². The van der Waals surface area contributed by atoms with Gasteiger partial charge in [-0.05, 0) is 48.3 Å². The lowest BCUT2D eigenvalue weighted by molar-refractivity contribution is -0.215. The minimum atomic E-state index is -0.896. The Labute approximate surface area is 147 Å². The fourth-order valence-electron chi connectivity index (χ4n) is 4.65. The van der Waals surface area contributed by atoms with Crippen LogP contribution in [0.5, 0.6) is 0 Å². The molecule has 4 nitrogen and oxygen atoms in total. The molecule has 2 rings (SSSR count). The largest absolute Gasteiger partial charge is 0.368 e. The zero-order valence-electron chi connectivity index (χ0n) is 16.4. The van der Waals surface area contributed by atoms with Crippen molar-refractivity contribution >= 4 is 0 Å². The van der Waals surface area contributed by atoms with Gasteiger partial charge < -0.3 is 19.7 Å². The highest BCUT2D eigenvalue weighted by Crippen LogP contribution is 2.48. The first kappa shape index (κ1) is 20.2. The van der Waals surface area contributed by atoms with E-state index in [-0.39, 0.29) is 11.3 Å². The molecule has 0 amide bonds. The summed E-state index contributed by atoms with van der Waals surface area (Å²) in [4.78, 5) is 0.